The number of aryl methyl sites for hydroxylation is 1. The van der Waals surface area contributed by atoms with Crippen molar-refractivity contribution in [2.24, 2.45) is 7.05 Å². The van der Waals surface area contributed by atoms with Gasteiger partial charge >= 0.3 is 5.97 Å². The molecule has 0 bridgehead atoms. The molecule has 0 spiro atoms. The normalized spacial score (nSPS) is 13.9. The van der Waals surface area contributed by atoms with E-state index in [9.17, 15) is 14.7 Å². The van der Waals surface area contributed by atoms with Gasteiger partial charge in [-0.3, -0.25) is 4.79 Å². The van der Waals surface area contributed by atoms with Crippen molar-refractivity contribution < 1.29 is 19.4 Å². The Kier molecular flexibility index (Phi) is 5.73. The third-order valence-electron chi connectivity index (χ3n) is 6.79. The molecule has 0 radical (unpaired) electrons. The second-order valence-corrected chi connectivity index (χ2v) is 8.94. The first-order valence-electron chi connectivity index (χ1n) is 11.6. The quantitative estimate of drug-likeness (QED) is 0.314. The summed E-state index contributed by atoms with van der Waals surface area (Å²) in [6.45, 7) is 3.50. The zero-order valence-corrected chi connectivity index (χ0v) is 20.0. The van der Waals surface area contributed by atoms with Crippen LogP contribution in [0.5, 0.6) is 5.75 Å². The smallest absolute Gasteiger partial charge is 0.339 e. The fourth-order valence-electron chi connectivity index (χ4n) is 4.70. The number of Topliss-reactive ketones (excluding diaryl/α,β-unsaturated/α-hetero) is 1. The van der Waals surface area contributed by atoms with Gasteiger partial charge in [0.1, 0.15) is 5.75 Å². The Labute approximate surface area is 203 Å². The van der Waals surface area contributed by atoms with Gasteiger partial charge < -0.3 is 14.4 Å². The van der Waals surface area contributed by atoms with E-state index in [4.69, 9.17) is 9.72 Å². The number of esters is 1. The van der Waals surface area contributed by atoms with E-state index in [0.717, 1.165) is 45.6 Å². The van der Waals surface area contributed by atoms with Crippen molar-refractivity contribution in [1.82, 2.24) is 9.55 Å². The molecule has 2 aromatic heterocycles. The third-order valence-corrected chi connectivity index (χ3v) is 6.79. The summed E-state index contributed by atoms with van der Waals surface area (Å²) < 4.78 is 7.52. The summed E-state index contributed by atoms with van der Waals surface area (Å²) in [5, 5.41) is 10.3. The number of fused-ring (bicyclic) bond motifs is 2. The van der Waals surface area contributed by atoms with Crippen LogP contribution >= 0.6 is 0 Å². The average molecular weight is 467 g/mol. The molecule has 0 saturated heterocycles. The topological polar surface area (TPSA) is 81.4 Å². The fraction of sp³-hybridized carbons (Fsp3) is 0.207. The van der Waals surface area contributed by atoms with Gasteiger partial charge in [0.25, 0.3) is 0 Å². The number of aromatic nitrogens is 2. The standard InChI is InChI=1S/C29H26N2O4/c1-17-14-24(18(2)31(17)3)26(33)16-35-29(34)27-22-6-4-5-7-25(22)30-28-20(10-13-23(27)28)15-19-8-11-21(32)12-9-19/h4-9,11-12,14-15,32H,10,13,16H2,1-3H3/b20-15+. The van der Waals surface area contributed by atoms with Gasteiger partial charge in [0.15, 0.2) is 6.61 Å². The lowest BCUT2D eigenvalue weighted by Gasteiger charge is -2.12. The summed E-state index contributed by atoms with van der Waals surface area (Å²) in [6, 6.07) is 16.3. The third kappa shape index (κ3) is 4.12. The predicted molar refractivity (Wildman–Crippen MR) is 136 cm³/mol. The van der Waals surface area contributed by atoms with E-state index < -0.39 is 5.97 Å². The Morgan fingerprint density at radius 2 is 1.83 bits per heavy atom. The summed E-state index contributed by atoms with van der Waals surface area (Å²) in [6.07, 6.45) is 3.43. The number of benzene rings is 2. The van der Waals surface area contributed by atoms with Gasteiger partial charge in [-0.2, -0.15) is 0 Å². The van der Waals surface area contributed by atoms with E-state index in [1.807, 2.05) is 74.0 Å². The molecule has 2 heterocycles. The Morgan fingerprint density at radius 1 is 1.09 bits per heavy atom. The summed E-state index contributed by atoms with van der Waals surface area (Å²) in [7, 11) is 1.91. The maximum Gasteiger partial charge on any atom is 0.339 e. The van der Waals surface area contributed by atoms with Gasteiger partial charge in [-0.25, -0.2) is 9.78 Å². The number of phenolic OH excluding ortho intramolecular Hbond substituents is 1. The highest BCUT2D eigenvalue weighted by Crippen LogP contribution is 2.38. The molecule has 5 rings (SSSR count). The van der Waals surface area contributed by atoms with E-state index in [1.54, 1.807) is 12.1 Å². The highest BCUT2D eigenvalue weighted by atomic mass is 16.5. The molecule has 0 aliphatic heterocycles. The van der Waals surface area contributed by atoms with Crippen LogP contribution in [-0.4, -0.2) is 33.0 Å². The monoisotopic (exact) mass is 466 g/mol. The zero-order chi connectivity index (χ0) is 24.7. The minimum absolute atomic E-state index is 0.212. The number of carbonyl (C=O) groups excluding carboxylic acids is 2. The van der Waals surface area contributed by atoms with E-state index in [1.165, 1.54) is 0 Å². The summed E-state index contributed by atoms with van der Waals surface area (Å²) in [5.41, 5.74) is 7.18. The Morgan fingerprint density at radius 3 is 2.54 bits per heavy atom. The molecule has 0 saturated carbocycles. The van der Waals surface area contributed by atoms with Gasteiger partial charge in [0, 0.05) is 29.4 Å². The Bertz CT molecular complexity index is 1510. The van der Waals surface area contributed by atoms with Gasteiger partial charge in [-0.05, 0) is 73.7 Å². The molecule has 0 amide bonds. The van der Waals surface area contributed by atoms with Crippen LogP contribution in [0.15, 0.2) is 54.6 Å². The van der Waals surface area contributed by atoms with Crippen LogP contribution in [-0.2, 0) is 18.2 Å². The van der Waals surface area contributed by atoms with Crippen LogP contribution in [0.1, 0.15) is 55.3 Å². The van der Waals surface area contributed by atoms with Crippen molar-refractivity contribution in [3.05, 3.63) is 93.9 Å². The van der Waals surface area contributed by atoms with Crippen LogP contribution in [0.3, 0.4) is 0 Å². The second-order valence-electron chi connectivity index (χ2n) is 8.94. The number of ketones is 1. The van der Waals surface area contributed by atoms with E-state index in [0.29, 0.717) is 23.1 Å². The van der Waals surface area contributed by atoms with Crippen LogP contribution in [0.25, 0.3) is 22.6 Å². The van der Waals surface area contributed by atoms with Crippen molar-refractivity contribution >= 4 is 34.3 Å². The van der Waals surface area contributed by atoms with Gasteiger partial charge in [0.05, 0.1) is 16.8 Å². The van der Waals surface area contributed by atoms with Crippen molar-refractivity contribution in [1.29, 1.82) is 0 Å². The van der Waals surface area contributed by atoms with E-state index >= 15 is 0 Å². The molecular weight excluding hydrogens is 440 g/mol. The highest BCUT2D eigenvalue weighted by molar-refractivity contribution is 6.08. The number of hydrogen-bond acceptors (Lipinski definition) is 5. The number of ether oxygens (including phenoxy) is 1. The minimum Gasteiger partial charge on any atom is -0.508 e. The van der Waals surface area contributed by atoms with Gasteiger partial charge in [0.2, 0.25) is 5.78 Å². The molecule has 2 aromatic carbocycles. The number of aromatic hydroxyl groups is 1. The molecule has 6 nitrogen and oxygen atoms in total. The molecule has 0 atom stereocenters. The predicted octanol–water partition coefficient (Wildman–Crippen LogP) is 5.42. The van der Waals surface area contributed by atoms with Crippen molar-refractivity contribution in [3.8, 4) is 5.75 Å². The molecule has 0 fully saturated rings. The number of nitrogens with zero attached hydrogens (tertiary/aromatic N) is 2. The number of rotatable bonds is 5. The number of pyridine rings is 1. The average Bonchev–Trinajstić information content (AvgIpc) is 3.37. The van der Waals surface area contributed by atoms with Gasteiger partial charge in [-0.15, -0.1) is 0 Å². The Balaban J connectivity index is 1.49. The zero-order valence-electron chi connectivity index (χ0n) is 20.0. The van der Waals surface area contributed by atoms with Crippen LogP contribution < -0.4 is 0 Å². The molecule has 4 aromatic rings. The first-order valence-corrected chi connectivity index (χ1v) is 11.6. The number of para-hydroxylation sites is 1. The fourth-order valence-corrected chi connectivity index (χ4v) is 4.70. The Hall–Kier alpha value is -4.19. The molecule has 6 heteroatoms. The van der Waals surface area contributed by atoms with Crippen molar-refractivity contribution in [2.45, 2.75) is 26.7 Å². The van der Waals surface area contributed by atoms with Crippen LogP contribution in [0, 0.1) is 13.8 Å². The molecule has 1 N–H and O–H groups in total. The molecular formula is C29H26N2O4. The maximum atomic E-state index is 13.4. The highest BCUT2D eigenvalue weighted by Gasteiger charge is 2.28. The summed E-state index contributed by atoms with van der Waals surface area (Å²) >= 11 is 0. The molecule has 176 valence electrons. The molecule has 1 aliphatic carbocycles. The summed E-state index contributed by atoms with van der Waals surface area (Å²) in [5.74, 6) is -0.518. The van der Waals surface area contributed by atoms with Crippen molar-refractivity contribution in [3.63, 3.8) is 0 Å². The van der Waals surface area contributed by atoms with Gasteiger partial charge in [-0.1, -0.05) is 30.3 Å². The largest absolute Gasteiger partial charge is 0.508 e. The number of allylic oxidation sites excluding steroid dienone is 1. The summed E-state index contributed by atoms with van der Waals surface area (Å²) in [4.78, 5) is 31.0. The molecule has 35 heavy (non-hydrogen) atoms. The van der Waals surface area contributed by atoms with Crippen LogP contribution in [0.4, 0.5) is 0 Å². The number of carbonyl (C=O) groups is 2. The minimum atomic E-state index is -0.510. The van der Waals surface area contributed by atoms with E-state index in [-0.39, 0.29) is 18.1 Å². The number of phenols is 1. The lowest BCUT2D eigenvalue weighted by atomic mass is 10.0. The number of hydrogen-bond donors (Lipinski definition) is 1. The van der Waals surface area contributed by atoms with Crippen molar-refractivity contribution in [2.75, 3.05) is 6.61 Å². The second kappa shape index (κ2) is 8.87. The molecule has 0 unspecified atom stereocenters. The van der Waals surface area contributed by atoms with E-state index in [2.05, 4.69) is 0 Å². The first-order chi connectivity index (χ1) is 16.8. The molecule has 1 aliphatic rings. The van der Waals surface area contributed by atoms with Crippen LogP contribution in [0.2, 0.25) is 0 Å². The lowest BCUT2D eigenvalue weighted by molar-refractivity contribution is 0.0475. The lowest BCUT2D eigenvalue weighted by Crippen LogP contribution is -2.17. The SMILES string of the molecule is Cc1cc(C(=O)COC(=O)c2c3c(nc4ccccc24)/C(=C/c2ccc(O)cc2)CC3)c(C)n1C. The maximum absolute atomic E-state index is 13.4. The first kappa shape index (κ1) is 22.6.